The highest BCUT2D eigenvalue weighted by atomic mass is 79.9. The van der Waals surface area contributed by atoms with Crippen LogP contribution in [0.25, 0.3) is 0 Å². The van der Waals surface area contributed by atoms with Gasteiger partial charge in [0.2, 0.25) is 0 Å². The lowest BCUT2D eigenvalue weighted by Gasteiger charge is -2.06. The molecule has 0 saturated heterocycles. The maximum Gasteiger partial charge on any atom is 0.251 e. The number of halogens is 3. The summed E-state index contributed by atoms with van der Waals surface area (Å²) in [7, 11) is 0. The third-order valence-electron chi connectivity index (χ3n) is 2.22. The molecule has 0 unspecified atom stereocenters. The van der Waals surface area contributed by atoms with E-state index in [4.69, 9.17) is 0 Å². The monoisotopic (exact) mass is 425 g/mol. The highest BCUT2D eigenvalue weighted by Crippen LogP contribution is 2.19. The van der Waals surface area contributed by atoms with Crippen LogP contribution < -0.4 is 5.32 Å². The van der Waals surface area contributed by atoms with Crippen molar-refractivity contribution in [2.45, 2.75) is 19.3 Å². The Bertz CT molecular complexity index is 362. The molecular formula is C12H14Br3NO. The molecule has 0 fully saturated rings. The molecule has 1 aromatic rings. The second kappa shape index (κ2) is 8.27. The summed E-state index contributed by atoms with van der Waals surface area (Å²) in [4.78, 5) is 11.8. The third-order valence-corrected chi connectivity index (χ3v) is 3.70. The maximum absolute atomic E-state index is 11.8. The molecule has 0 heterocycles. The average molecular weight is 428 g/mol. The highest BCUT2D eigenvalue weighted by Gasteiger charge is 2.06. The number of unbranched alkanes of at least 4 members (excludes halogenated alkanes) is 2. The van der Waals surface area contributed by atoms with E-state index in [9.17, 15) is 4.79 Å². The van der Waals surface area contributed by atoms with E-state index >= 15 is 0 Å². The smallest absolute Gasteiger partial charge is 0.251 e. The van der Waals surface area contributed by atoms with Crippen molar-refractivity contribution in [1.82, 2.24) is 5.32 Å². The number of alkyl halides is 1. The first-order chi connectivity index (χ1) is 8.13. The van der Waals surface area contributed by atoms with Crippen molar-refractivity contribution < 1.29 is 4.79 Å². The number of rotatable bonds is 6. The summed E-state index contributed by atoms with van der Waals surface area (Å²) in [6.07, 6.45) is 3.30. The van der Waals surface area contributed by atoms with Gasteiger partial charge in [-0.3, -0.25) is 4.79 Å². The Balaban J connectivity index is 2.41. The Morgan fingerprint density at radius 2 is 1.71 bits per heavy atom. The van der Waals surface area contributed by atoms with Gasteiger partial charge in [0.15, 0.2) is 0 Å². The van der Waals surface area contributed by atoms with Gasteiger partial charge in [-0.1, -0.05) is 54.2 Å². The van der Waals surface area contributed by atoms with Crippen LogP contribution in [0.5, 0.6) is 0 Å². The van der Waals surface area contributed by atoms with Crippen molar-refractivity contribution in [3.63, 3.8) is 0 Å². The molecule has 2 nitrogen and oxygen atoms in total. The lowest BCUT2D eigenvalue weighted by Crippen LogP contribution is -2.24. The van der Waals surface area contributed by atoms with Gasteiger partial charge in [-0.15, -0.1) is 0 Å². The first-order valence-electron chi connectivity index (χ1n) is 5.43. The zero-order valence-electron chi connectivity index (χ0n) is 9.31. The fourth-order valence-electron chi connectivity index (χ4n) is 1.39. The molecule has 0 aliphatic heterocycles. The minimum absolute atomic E-state index is 0.0224. The van der Waals surface area contributed by atoms with Gasteiger partial charge in [0.25, 0.3) is 5.91 Å². The predicted octanol–water partition coefficient (Wildman–Crippen LogP) is 4.51. The Hall–Kier alpha value is 0.130. The molecular weight excluding hydrogens is 414 g/mol. The molecule has 0 radical (unpaired) electrons. The van der Waals surface area contributed by atoms with Crippen LogP contribution in [0.1, 0.15) is 29.6 Å². The molecule has 5 heteroatoms. The summed E-state index contributed by atoms with van der Waals surface area (Å²) in [6, 6.07) is 5.55. The molecule has 0 aromatic heterocycles. The van der Waals surface area contributed by atoms with Gasteiger partial charge in [0.1, 0.15) is 0 Å². The van der Waals surface area contributed by atoms with Crippen molar-refractivity contribution in [2.24, 2.45) is 0 Å². The van der Waals surface area contributed by atoms with Gasteiger partial charge in [0, 0.05) is 26.4 Å². The van der Waals surface area contributed by atoms with Crippen LogP contribution in [0.4, 0.5) is 0 Å². The van der Waals surface area contributed by atoms with Crippen molar-refractivity contribution in [3.8, 4) is 0 Å². The Kier molecular flexibility index (Phi) is 7.39. The normalized spacial score (nSPS) is 10.3. The molecule has 0 atom stereocenters. The quantitative estimate of drug-likeness (QED) is 0.525. The van der Waals surface area contributed by atoms with Gasteiger partial charge in [0.05, 0.1) is 0 Å². The largest absolute Gasteiger partial charge is 0.352 e. The molecule has 1 amide bonds. The number of nitrogens with one attached hydrogen (secondary N) is 1. The number of carbonyl (C=O) groups is 1. The standard InChI is InChI=1S/C12H14Br3NO/c13-4-2-1-3-5-16-12(17)9-6-10(14)8-11(15)7-9/h6-8H,1-5H2,(H,16,17). The number of benzene rings is 1. The summed E-state index contributed by atoms with van der Waals surface area (Å²) in [5, 5.41) is 3.94. The highest BCUT2D eigenvalue weighted by molar-refractivity contribution is 9.11. The van der Waals surface area contributed by atoms with Crippen molar-refractivity contribution in [3.05, 3.63) is 32.7 Å². The number of hydrogen-bond donors (Lipinski definition) is 1. The summed E-state index contributed by atoms with van der Waals surface area (Å²) in [6.45, 7) is 0.732. The Morgan fingerprint density at radius 3 is 2.29 bits per heavy atom. The van der Waals surface area contributed by atoms with E-state index in [1.807, 2.05) is 18.2 Å². The Labute approximate surface area is 127 Å². The molecule has 0 bridgehead atoms. The van der Waals surface area contributed by atoms with Crippen LogP contribution in [0.3, 0.4) is 0 Å². The summed E-state index contributed by atoms with van der Waals surface area (Å²) in [5.74, 6) is -0.0224. The molecule has 0 aliphatic carbocycles. The van der Waals surface area contributed by atoms with Crippen LogP contribution in [0.15, 0.2) is 27.1 Å². The van der Waals surface area contributed by atoms with Crippen LogP contribution in [0.2, 0.25) is 0 Å². The number of amides is 1. The maximum atomic E-state index is 11.8. The van der Waals surface area contributed by atoms with Gasteiger partial charge in [-0.25, -0.2) is 0 Å². The molecule has 17 heavy (non-hydrogen) atoms. The second-order valence-corrected chi connectivity index (χ2v) is 6.29. The van der Waals surface area contributed by atoms with Gasteiger partial charge in [-0.2, -0.15) is 0 Å². The minimum atomic E-state index is -0.0224. The van der Waals surface area contributed by atoms with E-state index < -0.39 is 0 Å². The molecule has 0 saturated carbocycles. The third kappa shape index (κ3) is 6.02. The van der Waals surface area contributed by atoms with E-state index in [1.54, 1.807) is 0 Å². The zero-order chi connectivity index (χ0) is 12.7. The van der Waals surface area contributed by atoms with Crippen molar-refractivity contribution >= 4 is 53.7 Å². The molecule has 1 aromatic carbocycles. The van der Waals surface area contributed by atoms with E-state index in [2.05, 4.69) is 53.1 Å². The lowest BCUT2D eigenvalue weighted by molar-refractivity contribution is 0.0953. The topological polar surface area (TPSA) is 29.1 Å². The average Bonchev–Trinajstić information content (AvgIpc) is 2.27. The van der Waals surface area contributed by atoms with Crippen LogP contribution >= 0.6 is 47.8 Å². The SMILES string of the molecule is O=C(NCCCCCBr)c1cc(Br)cc(Br)c1. The van der Waals surface area contributed by atoms with Crippen molar-refractivity contribution in [2.75, 3.05) is 11.9 Å². The first kappa shape index (κ1) is 15.2. The first-order valence-corrected chi connectivity index (χ1v) is 8.14. The fourth-order valence-corrected chi connectivity index (χ4v) is 3.08. The van der Waals surface area contributed by atoms with Crippen LogP contribution in [-0.2, 0) is 0 Å². The summed E-state index contributed by atoms with van der Waals surface area (Å²) in [5.41, 5.74) is 0.673. The van der Waals surface area contributed by atoms with Gasteiger partial charge in [-0.05, 0) is 31.0 Å². The predicted molar refractivity (Wildman–Crippen MR) is 81.8 cm³/mol. The molecule has 0 spiro atoms. The van der Waals surface area contributed by atoms with Gasteiger partial charge >= 0.3 is 0 Å². The number of hydrogen-bond acceptors (Lipinski definition) is 1. The van der Waals surface area contributed by atoms with Gasteiger partial charge < -0.3 is 5.32 Å². The van der Waals surface area contributed by atoms with E-state index in [-0.39, 0.29) is 5.91 Å². The van der Waals surface area contributed by atoms with Crippen molar-refractivity contribution in [1.29, 1.82) is 0 Å². The van der Waals surface area contributed by atoms with Crippen LogP contribution in [0, 0.1) is 0 Å². The number of carbonyl (C=O) groups excluding carboxylic acids is 1. The van der Waals surface area contributed by atoms with E-state index in [0.717, 1.165) is 40.1 Å². The summed E-state index contributed by atoms with van der Waals surface area (Å²) < 4.78 is 1.80. The molecule has 1 rings (SSSR count). The van der Waals surface area contributed by atoms with E-state index in [1.165, 1.54) is 0 Å². The fraction of sp³-hybridized carbons (Fsp3) is 0.417. The summed E-state index contributed by atoms with van der Waals surface area (Å²) >= 11 is 10.1. The second-order valence-electron chi connectivity index (χ2n) is 3.66. The lowest BCUT2D eigenvalue weighted by atomic mass is 10.2. The molecule has 0 aliphatic rings. The minimum Gasteiger partial charge on any atom is -0.352 e. The zero-order valence-corrected chi connectivity index (χ0v) is 14.1. The van der Waals surface area contributed by atoms with Crippen LogP contribution in [-0.4, -0.2) is 17.8 Å². The van der Waals surface area contributed by atoms with E-state index in [0.29, 0.717) is 5.56 Å². The molecule has 1 N–H and O–H groups in total. The Morgan fingerprint density at radius 1 is 1.06 bits per heavy atom. The molecule has 94 valence electrons.